The highest BCUT2D eigenvalue weighted by Gasteiger charge is 2.45. The Labute approximate surface area is 184 Å². The third-order valence-corrected chi connectivity index (χ3v) is 5.18. The van der Waals surface area contributed by atoms with E-state index in [-0.39, 0.29) is 11.7 Å². The second kappa shape index (κ2) is 11.6. The van der Waals surface area contributed by atoms with Crippen molar-refractivity contribution < 1.29 is 33.4 Å². The van der Waals surface area contributed by atoms with Crippen LogP contribution in [0.4, 0.5) is 0 Å². The predicted molar refractivity (Wildman–Crippen MR) is 116 cm³/mol. The summed E-state index contributed by atoms with van der Waals surface area (Å²) >= 11 is 0. The van der Waals surface area contributed by atoms with Gasteiger partial charge in [-0.25, -0.2) is 4.79 Å². The Balaban J connectivity index is 3.35. The molecule has 0 saturated carbocycles. The van der Waals surface area contributed by atoms with Crippen molar-refractivity contribution in [2.75, 3.05) is 0 Å². The van der Waals surface area contributed by atoms with Gasteiger partial charge in [0.05, 0.1) is 0 Å². The second-order valence-electron chi connectivity index (χ2n) is 8.27. The van der Waals surface area contributed by atoms with Gasteiger partial charge in [0.25, 0.3) is 0 Å². The first-order valence-corrected chi connectivity index (χ1v) is 10.4. The second-order valence-corrected chi connectivity index (χ2v) is 8.27. The van der Waals surface area contributed by atoms with Crippen molar-refractivity contribution in [2.45, 2.75) is 80.1 Å². The first-order chi connectivity index (χ1) is 14.4. The molecule has 0 bridgehead atoms. The van der Waals surface area contributed by atoms with Gasteiger partial charge in [-0.15, -0.1) is 0 Å². The lowest BCUT2D eigenvalue weighted by Gasteiger charge is -2.38. The van der Waals surface area contributed by atoms with E-state index in [0.717, 1.165) is 5.57 Å². The van der Waals surface area contributed by atoms with Crippen LogP contribution in [0, 0.1) is 11.8 Å². The third kappa shape index (κ3) is 7.81. The molecule has 7 heteroatoms. The molecule has 0 fully saturated rings. The number of ether oxygens (including phenoxy) is 3. The van der Waals surface area contributed by atoms with Gasteiger partial charge in [0.15, 0.2) is 11.9 Å². The van der Waals surface area contributed by atoms with Crippen LogP contribution in [-0.2, 0) is 33.4 Å². The lowest BCUT2D eigenvalue weighted by atomic mass is 9.74. The molecule has 0 aliphatic heterocycles. The van der Waals surface area contributed by atoms with E-state index in [2.05, 4.69) is 0 Å². The normalized spacial score (nSPS) is 23.2. The molecule has 0 spiro atoms. The fourth-order valence-electron chi connectivity index (χ4n) is 3.65. The summed E-state index contributed by atoms with van der Waals surface area (Å²) in [7, 11) is 0. The summed E-state index contributed by atoms with van der Waals surface area (Å²) in [6, 6.07) is 0. The predicted octanol–water partition coefficient (Wildman–Crippen LogP) is 3.87. The summed E-state index contributed by atoms with van der Waals surface area (Å²) in [5.74, 6) is -2.77. The maximum absolute atomic E-state index is 12.8. The van der Waals surface area contributed by atoms with Crippen molar-refractivity contribution in [1.29, 1.82) is 0 Å². The van der Waals surface area contributed by atoms with Crippen molar-refractivity contribution in [3.05, 3.63) is 34.9 Å². The van der Waals surface area contributed by atoms with Crippen LogP contribution in [0.1, 0.15) is 61.8 Å². The monoisotopic (exact) mass is 434 g/mol. The first-order valence-electron chi connectivity index (χ1n) is 10.4. The number of carbonyl (C=O) groups is 4. The van der Waals surface area contributed by atoms with Crippen molar-refractivity contribution >= 4 is 23.7 Å². The number of esters is 3. The molecule has 0 aromatic rings. The molecule has 0 N–H and O–H groups in total. The molecular weight excluding hydrogens is 400 g/mol. The highest BCUT2D eigenvalue weighted by atomic mass is 16.6. The standard InChI is InChI=1S/C24H34O7/c1-9-14(4)24(28)31-20-12-16(6)22(27)23(30-18(8)26)21(20)15(5)11-19(10-13(2)3)29-17(7)25/h9-10,12,15,19-21,23H,11H2,1-8H3/t15-,19?,20-,21+,23+/m1/s1. The van der Waals surface area contributed by atoms with E-state index in [9.17, 15) is 19.2 Å². The van der Waals surface area contributed by atoms with Gasteiger partial charge in [0.2, 0.25) is 0 Å². The van der Waals surface area contributed by atoms with Crippen molar-refractivity contribution in [1.82, 2.24) is 0 Å². The van der Waals surface area contributed by atoms with Gasteiger partial charge in [0, 0.05) is 25.3 Å². The summed E-state index contributed by atoms with van der Waals surface area (Å²) in [5.41, 5.74) is 1.77. The number of carbonyl (C=O) groups excluding carboxylic acids is 4. The molecule has 0 heterocycles. The molecule has 0 radical (unpaired) electrons. The number of allylic oxidation sites excluding steroid dienone is 2. The van der Waals surface area contributed by atoms with E-state index in [0.29, 0.717) is 17.6 Å². The van der Waals surface area contributed by atoms with Gasteiger partial charge in [-0.1, -0.05) is 18.6 Å². The Morgan fingerprint density at radius 2 is 1.68 bits per heavy atom. The highest BCUT2D eigenvalue weighted by molar-refractivity contribution is 6.00. The Bertz CT molecular complexity index is 799. The molecule has 7 nitrogen and oxygen atoms in total. The number of hydrogen-bond acceptors (Lipinski definition) is 7. The molecule has 31 heavy (non-hydrogen) atoms. The number of hydrogen-bond donors (Lipinski definition) is 0. The summed E-state index contributed by atoms with van der Waals surface area (Å²) in [5, 5.41) is 0. The molecule has 0 saturated heterocycles. The zero-order valence-electron chi connectivity index (χ0n) is 19.7. The Hall–Kier alpha value is -2.70. The molecule has 0 aromatic heterocycles. The van der Waals surface area contributed by atoms with E-state index >= 15 is 0 Å². The fraction of sp³-hybridized carbons (Fsp3) is 0.583. The van der Waals surface area contributed by atoms with Gasteiger partial charge in [0.1, 0.15) is 12.2 Å². The largest absolute Gasteiger partial charge is 0.458 e. The molecule has 0 amide bonds. The quantitative estimate of drug-likeness (QED) is 0.248. The summed E-state index contributed by atoms with van der Waals surface area (Å²) in [6.45, 7) is 13.2. The summed E-state index contributed by atoms with van der Waals surface area (Å²) < 4.78 is 16.5. The van der Waals surface area contributed by atoms with Crippen LogP contribution < -0.4 is 0 Å². The lowest BCUT2D eigenvalue weighted by Crippen LogP contribution is -2.49. The van der Waals surface area contributed by atoms with Crippen LogP contribution in [0.25, 0.3) is 0 Å². The summed E-state index contributed by atoms with van der Waals surface area (Å²) in [4.78, 5) is 48.6. The van der Waals surface area contributed by atoms with E-state index in [4.69, 9.17) is 14.2 Å². The molecule has 1 aliphatic rings. The average Bonchev–Trinajstić information content (AvgIpc) is 2.63. The molecule has 1 unspecified atom stereocenters. The van der Waals surface area contributed by atoms with Gasteiger partial charge in [-0.2, -0.15) is 0 Å². The minimum absolute atomic E-state index is 0.290. The Kier molecular flexibility index (Phi) is 9.88. The van der Waals surface area contributed by atoms with Gasteiger partial charge >= 0.3 is 17.9 Å². The molecule has 1 rings (SSSR count). The van der Waals surface area contributed by atoms with E-state index in [1.165, 1.54) is 13.8 Å². The van der Waals surface area contributed by atoms with Crippen LogP contribution in [0.5, 0.6) is 0 Å². The topological polar surface area (TPSA) is 96.0 Å². The Morgan fingerprint density at radius 1 is 1.06 bits per heavy atom. The van der Waals surface area contributed by atoms with Crippen LogP contribution in [0.15, 0.2) is 34.9 Å². The van der Waals surface area contributed by atoms with E-state index in [1.54, 1.807) is 32.9 Å². The van der Waals surface area contributed by atoms with Crippen LogP contribution in [0.2, 0.25) is 0 Å². The minimum Gasteiger partial charge on any atom is -0.458 e. The average molecular weight is 435 g/mol. The zero-order chi connectivity index (χ0) is 23.9. The number of ketones is 1. The smallest absolute Gasteiger partial charge is 0.333 e. The fourth-order valence-corrected chi connectivity index (χ4v) is 3.65. The molecule has 0 aromatic carbocycles. The van der Waals surface area contributed by atoms with Crippen molar-refractivity contribution in [2.24, 2.45) is 11.8 Å². The van der Waals surface area contributed by atoms with Crippen molar-refractivity contribution in [3.8, 4) is 0 Å². The van der Waals surface area contributed by atoms with Crippen LogP contribution in [0.3, 0.4) is 0 Å². The van der Waals surface area contributed by atoms with Gasteiger partial charge in [-0.3, -0.25) is 14.4 Å². The molecule has 1 aliphatic carbocycles. The van der Waals surface area contributed by atoms with E-state index < -0.39 is 42.1 Å². The maximum Gasteiger partial charge on any atom is 0.333 e. The highest BCUT2D eigenvalue weighted by Crippen LogP contribution is 2.35. The first kappa shape index (κ1) is 26.3. The minimum atomic E-state index is -1.09. The van der Waals surface area contributed by atoms with Crippen LogP contribution >= 0.6 is 0 Å². The SMILES string of the molecule is CC=C(C)C(=O)O[C@@H]1C=C(C)C(=O)[C@@H](OC(C)=O)[C@H]1[C@H](C)CC(C=C(C)C)OC(C)=O. The Morgan fingerprint density at radius 3 is 2.16 bits per heavy atom. The number of Topliss-reactive ketones (excluding diaryl/α,β-unsaturated/α-hetero) is 1. The van der Waals surface area contributed by atoms with Crippen molar-refractivity contribution in [3.63, 3.8) is 0 Å². The maximum atomic E-state index is 12.8. The van der Waals surface area contributed by atoms with Crippen LogP contribution in [-0.4, -0.2) is 42.0 Å². The third-order valence-electron chi connectivity index (χ3n) is 5.18. The lowest BCUT2D eigenvalue weighted by molar-refractivity contribution is -0.165. The molecule has 172 valence electrons. The van der Waals surface area contributed by atoms with Gasteiger partial charge < -0.3 is 14.2 Å². The molecular formula is C24H34O7. The number of rotatable bonds is 8. The molecule has 5 atom stereocenters. The van der Waals surface area contributed by atoms with Gasteiger partial charge in [-0.05, 0) is 64.7 Å². The van der Waals surface area contributed by atoms with E-state index in [1.807, 2.05) is 26.8 Å². The summed E-state index contributed by atoms with van der Waals surface area (Å²) in [6.07, 6.45) is 3.05. The zero-order valence-corrected chi connectivity index (χ0v) is 19.7.